The van der Waals surface area contributed by atoms with Crippen LogP contribution < -0.4 is 5.73 Å². The van der Waals surface area contributed by atoms with Gasteiger partial charge in [-0.05, 0) is 24.1 Å². The Hall–Kier alpha value is -0.170. The number of halogens is 2. The molecule has 0 aliphatic carbocycles. The Kier molecular flexibility index (Phi) is 6.26. The monoisotopic (exact) mass is 362 g/mol. The van der Waals surface area contributed by atoms with Gasteiger partial charge in [0.2, 0.25) is 0 Å². The number of morpholine rings is 1. The molecule has 0 radical (unpaired) electrons. The lowest BCUT2D eigenvalue weighted by Crippen LogP contribution is -2.44. The molecule has 0 saturated carbocycles. The van der Waals surface area contributed by atoms with Crippen LogP contribution in [0.3, 0.4) is 0 Å². The van der Waals surface area contributed by atoms with E-state index in [0.717, 1.165) is 36.1 Å². The van der Waals surface area contributed by atoms with E-state index in [2.05, 4.69) is 20.8 Å². The Morgan fingerprint density at radius 3 is 3.05 bits per heavy atom. The number of nitrogens with zero attached hydrogens (tertiary/aromatic N) is 1. The summed E-state index contributed by atoms with van der Waals surface area (Å²) in [4.78, 5) is 2.27. The van der Waals surface area contributed by atoms with E-state index in [1.807, 2.05) is 18.2 Å². The van der Waals surface area contributed by atoms with Gasteiger partial charge >= 0.3 is 0 Å². The highest BCUT2D eigenvalue weighted by Crippen LogP contribution is 2.27. The third kappa shape index (κ3) is 4.41. The first-order chi connectivity index (χ1) is 9.60. The third-order valence-corrected chi connectivity index (χ3v) is 4.37. The number of rotatable bonds is 5. The Balaban J connectivity index is 1.86. The first-order valence-electron chi connectivity index (χ1n) is 6.75. The van der Waals surface area contributed by atoms with Crippen molar-refractivity contribution >= 4 is 27.5 Å². The second-order valence-electron chi connectivity index (χ2n) is 5.04. The number of aliphatic hydroxyl groups excluding tert-OH is 1. The van der Waals surface area contributed by atoms with Gasteiger partial charge in [-0.2, -0.15) is 0 Å². The second-order valence-corrected chi connectivity index (χ2v) is 6.36. The summed E-state index contributed by atoms with van der Waals surface area (Å²) in [7, 11) is 0. The minimum absolute atomic E-state index is 0.0705. The Morgan fingerprint density at radius 2 is 2.35 bits per heavy atom. The molecule has 1 aliphatic heterocycles. The highest BCUT2D eigenvalue weighted by atomic mass is 79.9. The lowest BCUT2D eigenvalue weighted by Gasteiger charge is -2.32. The molecule has 20 heavy (non-hydrogen) atoms. The average molecular weight is 364 g/mol. The van der Waals surface area contributed by atoms with Crippen molar-refractivity contribution < 1.29 is 9.84 Å². The Labute approximate surface area is 133 Å². The summed E-state index contributed by atoms with van der Waals surface area (Å²) >= 11 is 9.61. The first kappa shape index (κ1) is 16.2. The van der Waals surface area contributed by atoms with Crippen molar-refractivity contribution in [3.8, 4) is 0 Å². The van der Waals surface area contributed by atoms with Crippen LogP contribution in [0, 0.1) is 0 Å². The van der Waals surface area contributed by atoms with Crippen LogP contribution in [-0.2, 0) is 4.74 Å². The molecule has 6 heteroatoms. The van der Waals surface area contributed by atoms with Crippen LogP contribution in [0.1, 0.15) is 18.0 Å². The van der Waals surface area contributed by atoms with Gasteiger partial charge < -0.3 is 15.6 Å². The summed E-state index contributed by atoms with van der Waals surface area (Å²) in [5.41, 5.74) is 7.20. The highest BCUT2D eigenvalue weighted by Gasteiger charge is 2.20. The van der Waals surface area contributed by atoms with Crippen LogP contribution in [-0.4, -0.2) is 49.0 Å². The van der Waals surface area contributed by atoms with Crippen molar-refractivity contribution in [1.82, 2.24) is 4.90 Å². The van der Waals surface area contributed by atoms with E-state index in [-0.39, 0.29) is 18.8 Å². The maximum absolute atomic E-state index is 9.13. The minimum Gasteiger partial charge on any atom is -0.394 e. The molecule has 0 bridgehead atoms. The number of benzene rings is 1. The summed E-state index contributed by atoms with van der Waals surface area (Å²) in [6, 6.07) is 5.71. The molecule has 1 aromatic carbocycles. The van der Waals surface area contributed by atoms with Crippen molar-refractivity contribution in [2.24, 2.45) is 5.73 Å². The molecular weight excluding hydrogens is 344 g/mol. The van der Waals surface area contributed by atoms with Crippen LogP contribution in [0.4, 0.5) is 0 Å². The molecule has 0 amide bonds. The SMILES string of the molecule is NC(CCN1CCOC(CO)C1)c1ccc(Br)cc1Cl. The fourth-order valence-corrected chi connectivity index (χ4v) is 3.19. The summed E-state index contributed by atoms with van der Waals surface area (Å²) in [5, 5.41) is 9.82. The van der Waals surface area contributed by atoms with E-state index >= 15 is 0 Å². The average Bonchev–Trinajstić information content (AvgIpc) is 2.45. The number of aliphatic hydroxyl groups is 1. The molecular formula is C14H20BrClN2O2. The fourth-order valence-electron chi connectivity index (χ4n) is 2.37. The predicted molar refractivity (Wildman–Crippen MR) is 84.0 cm³/mol. The molecule has 112 valence electrons. The van der Waals surface area contributed by atoms with Crippen LogP contribution in [0.25, 0.3) is 0 Å². The van der Waals surface area contributed by atoms with Crippen molar-refractivity contribution in [1.29, 1.82) is 0 Å². The van der Waals surface area contributed by atoms with Gasteiger partial charge in [0.25, 0.3) is 0 Å². The zero-order valence-corrected chi connectivity index (χ0v) is 13.6. The quantitative estimate of drug-likeness (QED) is 0.842. The molecule has 1 heterocycles. The minimum atomic E-state index is -0.0778. The largest absolute Gasteiger partial charge is 0.394 e. The van der Waals surface area contributed by atoms with E-state index in [1.165, 1.54) is 0 Å². The number of nitrogens with two attached hydrogens (primary N) is 1. The van der Waals surface area contributed by atoms with Gasteiger partial charge in [0.1, 0.15) is 0 Å². The van der Waals surface area contributed by atoms with E-state index in [1.54, 1.807) is 0 Å². The Morgan fingerprint density at radius 1 is 1.55 bits per heavy atom. The fraction of sp³-hybridized carbons (Fsp3) is 0.571. The van der Waals surface area contributed by atoms with Gasteiger partial charge in [-0.15, -0.1) is 0 Å². The molecule has 4 nitrogen and oxygen atoms in total. The van der Waals surface area contributed by atoms with Crippen LogP contribution >= 0.6 is 27.5 Å². The normalized spacial score (nSPS) is 21.9. The van der Waals surface area contributed by atoms with E-state index in [9.17, 15) is 0 Å². The maximum atomic E-state index is 9.13. The zero-order chi connectivity index (χ0) is 14.5. The topological polar surface area (TPSA) is 58.7 Å². The highest BCUT2D eigenvalue weighted by molar-refractivity contribution is 9.10. The zero-order valence-electron chi connectivity index (χ0n) is 11.3. The Bertz CT molecular complexity index is 447. The molecule has 2 unspecified atom stereocenters. The van der Waals surface area contributed by atoms with Crippen molar-refractivity contribution in [2.75, 3.05) is 32.8 Å². The predicted octanol–water partition coefficient (Wildman–Crippen LogP) is 2.19. The van der Waals surface area contributed by atoms with Gasteiger partial charge in [-0.25, -0.2) is 0 Å². The number of hydrogen-bond donors (Lipinski definition) is 2. The summed E-state index contributed by atoms with van der Waals surface area (Å²) in [5.74, 6) is 0. The summed E-state index contributed by atoms with van der Waals surface area (Å²) in [6.45, 7) is 3.27. The standard InChI is InChI=1S/C14H20BrClN2O2/c15-10-1-2-12(13(16)7-10)14(17)3-4-18-5-6-20-11(8-18)9-19/h1-2,7,11,14,19H,3-6,8-9,17H2. The lowest BCUT2D eigenvalue weighted by atomic mass is 10.0. The molecule has 0 aromatic heterocycles. The number of hydrogen-bond acceptors (Lipinski definition) is 4. The molecule has 2 rings (SSSR count). The van der Waals surface area contributed by atoms with E-state index in [4.69, 9.17) is 27.2 Å². The maximum Gasteiger partial charge on any atom is 0.0932 e. The van der Waals surface area contributed by atoms with Crippen LogP contribution in [0.2, 0.25) is 5.02 Å². The molecule has 1 aromatic rings. The lowest BCUT2D eigenvalue weighted by molar-refractivity contribution is -0.0531. The number of ether oxygens (including phenoxy) is 1. The second kappa shape index (κ2) is 7.73. The van der Waals surface area contributed by atoms with Gasteiger partial charge in [-0.1, -0.05) is 33.6 Å². The molecule has 0 spiro atoms. The van der Waals surface area contributed by atoms with Crippen LogP contribution in [0.15, 0.2) is 22.7 Å². The first-order valence-corrected chi connectivity index (χ1v) is 7.92. The van der Waals surface area contributed by atoms with Crippen molar-refractivity contribution in [2.45, 2.75) is 18.6 Å². The van der Waals surface area contributed by atoms with Gasteiger partial charge in [0, 0.05) is 35.2 Å². The van der Waals surface area contributed by atoms with Gasteiger partial charge in [-0.3, -0.25) is 4.90 Å². The van der Waals surface area contributed by atoms with Crippen molar-refractivity contribution in [3.63, 3.8) is 0 Å². The van der Waals surface area contributed by atoms with Crippen molar-refractivity contribution in [3.05, 3.63) is 33.3 Å². The molecule has 2 atom stereocenters. The van der Waals surface area contributed by atoms with Crippen LogP contribution in [0.5, 0.6) is 0 Å². The smallest absolute Gasteiger partial charge is 0.0932 e. The molecule has 1 fully saturated rings. The van der Waals surface area contributed by atoms with E-state index in [0.29, 0.717) is 11.6 Å². The van der Waals surface area contributed by atoms with Gasteiger partial charge in [0.15, 0.2) is 0 Å². The molecule has 1 aliphatic rings. The van der Waals surface area contributed by atoms with Gasteiger partial charge in [0.05, 0.1) is 19.3 Å². The van der Waals surface area contributed by atoms with E-state index < -0.39 is 0 Å². The summed E-state index contributed by atoms with van der Waals surface area (Å²) in [6.07, 6.45) is 0.760. The summed E-state index contributed by atoms with van der Waals surface area (Å²) < 4.78 is 6.39. The third-order valence-electron chi connectivity index (χ3n) is 3.54. The molecule has 1 saturated heterocycles. The molecule has 3 N–H and O–H groups in total.